The number of aryl methyl sites for hydroxylation is 4. The number of allylic oxidation sites excluding steroid dienone is 10. The maximum atomic E-state index is 11.8. The van der Waals surface area contributed by atoms with Crippen molar-refractivity contribution in [2.24, 2.45) is 0 Å². The molecule has 0 saturated heterocycles. The van der Waals surface area contributed by atoms with E-state index < -0.39 is 70.9 Å². The zero-order valence-electron chi connectivity index (χ0n) is 68.7. The number of ether oxygens (including phenoxy) is 6. The van der Waals surface area contributed by atoms with Crippen molar-refractivity contribution in [2.75, 3.05) is 6.61 Å². The van der Waals surface area contributed by atoms with Crippen LogP contribution in [0, 0.1) is 37.8 Å². The van der Waals surface area contributed by atoms with Crippen LogP contribution in [0.4, 0.5) is 5.69 Å². The Kier molecular flexibility index (Phi) is 36.7. The van der Waals surface area contributed by atoms with Crippen LogP contribution in [0.25, 0.3) is 11.0 Å². The average molecular weight is 1620 g/mol. The van der Waals surface area contributed by atoms with Crippen molar-refractivity contribution in [3.8, 4) is 34.5 Å². The predicted molar refractivity (Wildman–Crippen MR) is 447 cm³/mol. The van der Waals surface area contributed by atoms with Crippen LogP contribution in [0.5, 0.6) is 34.5 Å². The first-order chi connectivity index (χ1) is 56.6. The first-order valence-electron chi connectivity index (χ1n) is 41.3. The van der Waals surface area contributed by atoms with Crippen molar-refractivity contribution in [3.05, 3.63) is 215 Å². The first-order valence-corrected chi connectivity index (χ1v) is 41.3. The molecule has 2 heterocycles. The lowest BCUT2D eigenvalue weighted by molar-refractivity contribution is -0.386. The minimum atomic E-state index is -1.10. The Labute approximate surface area is 689 Å². The molecule has 0 fully saturated rings. The van der Waals surface area contributed by atoms with E-state index in [9.17, 15) is 78.8 Å². The maximum Gasteiger partial charge on any atom is 0.344 e. The van der Waals surface area contributed by atoms with Crippen LogP contribution in [0.3, 0.4) is 0 Å². The van der Waals surface area contributed by atoms with Gasteiger partial charge in [-0.25, -0.2) is 28.8 Å². The van der Waals surface area contributed by atoms with Gasteiger partial charge >= 0.3 is 41.2 Å². The zero-order valence-corrected chi connectivity index (χ0v) is 68.7. The van der Waals surface area contributed by atoms with Gasteiger partial charge in [0.1, 0.15) is 34.3 Å². The van der Waals surface area contributed by atoms with Crippen molar-refractivity contribution in [1.29, 1.82) is 0 Å². The fourth-order valence-electron chi connectivity index (χ4n) is 14.8. The monoisotopic (exact) mass is 1620 g/mol. The first kappa shape index (κ1) is 92.1. The summed E-state index contributed by atoms with van der Waals surface area (Å²) >= 11 is 0. The predicted octanol–water partition coefficient (Wildman–Crippen LogP) is 20.6. The SMILES string of the molecule is CC(=O)c1cc(C)c(OC(CCC2=CCCCC2)C(=O)O)cc1C.CC(=O)c1ccc(C)cc1OC(CCC1=CCCCC1)C(=O)O.Cc1ccc(OC(CCC2=CCCCC2)C(=O)O)c([N+](=O)[O-])c1.O=C(O)C(CCC1=CCCCC1)Oc1ccc2ccc(=O)oc2c1.O=C1CCOc2cc(OC(CCC3=CCCCC3)C(=O)O)ccc21. The molecule has 0 saturated carbocycles. The molecule has 6 aromatic rings. The van der Waals surface area contributed by atoms with Crippen molar-refractivity contribution in [1.82, 2.24) is 0 Å². The smallest absolute Gasteiger partial charge is 0.344 e. The number of carbonyl (C=O) groups is 8. The molecule has 12 rings (SSSR count). The third-order valence-electron chi connectivity index (χ3n) is 21.5. The number of hydrogen-bond donors (Lipinski definition) is 5. The number of carboxylic acids is 5. The summed E-state index contributed by atoms with van der Waals surface area (Å²) in [7, 11) is 0. The Morgan fingerprint density at radius 3 is 1.24 bits per heavy atom. The van der Waals surface area contributed by atoms with Crippen LogP contribution in [0.1, 0.15) is 266 Å². The van der Waals surface area contributed by atoms with Gasteiger partial charge in [-0.1, -0.05) is 70.4 Å². The van der Waals surface area contributed by atoms with E-state index in [1.807, 2.05) is 26.8 Å². The van der Waals surface area contributed by atoms with E-state index in [0.717, 1.165) is 124 Å². The van der Waals surface area contributed by atoms with Gasteiger partial charge < -0.3 is 58.4 Å². The number of ketones is 3. The van der Waals surface area contributed by atoms with Crippen LogP contribution in [0.2, 0.25) is 0 Å². The molecule has 5 unspecified atom stereocenters. The van der Waals surface area contributed by atoms with E-state index in [4.69, 9.17) is 32.8 Å². The molecule has 24 heteroatoms. The third-order valence-corrected chi connectivity index (χ3v) is 21.5. The molecular formula is C94H113NO23. The van der Waals surface area contributed by atoms with Gasteiger partial charge in [0.05, 0.1) is 22.7 Å². The molecule has 118 heavy (non-hydrogen) atoms. The van der Waals surface area contributed by atoms with E-state index in [1.165, 1.54) is 118 Å². The number of carboxylic acid groups (broad SMARTS) is 5. The molecule has 24 nitrogen and oxygen atoms in total. The Morgan fingerprint density at radius 1 is 0.415 bits per heavy atom. The van der Waals surface area contributed by atoms with E-state index in [1.54, 1.807) is 79.7 Å². The molecule has 1 aliphatic heterocycles. The van der Waals surface area contributed by atoms with Crippen molar-refractivity contribution < 1.29 is 102 Å². The zero-order chi connectivity index (χ0) is 85.2. The summed E-state index contributed by atoms with van der Waals surface area (Å²) in [5.41, 5.74) is 11.2. The molecule has 5 atom stereocenters. The summed E-state index contributed by atoms with van der Waals surface area (Å²) in [6.45, 7) is 10.6. The Bertz CT molecular complexity index is 4740. The minimum absolute atomic E-state index is 0.00108. The van der Waals surface area contributed by atoms with Gasteiger partial charge in [0.2, 0.25) is 0 Å². The van der Waals surface area contributed by atoms with Gasteiger partial charge in [-0.15, -0.1) is 0 Å². The second kappa shape index (κ2) is 47.1. The summed E-state index contributed by atoms with van der Waals surface area (Å²) in [6.07, 6.45) is 35.0. The third kappa shape index (κ3) is 30.2. The van der Waals surface area contributed by atoms with Crippen LogP contribution in [0.15, 0.2) is 165 Å². The molecular weight excluding hydrogens is 1510 g/mol. The number of fused-ring (bicyclic) bond motifs is 2. The highest BCUT2D eigenvalue weighted by molar-refractivity contribution is 6.00. The number of Topliss-reactive ketones (excluding diaryl/α,β-unsaturated/α-hetero) is 3. The summed E-state index contributed by atoms with van der Waals surface area (Å²) in [5, 5.41) is 58.9. The molecule has 0 amide bonds. The fourth-order valence-corrected chi connectivity index (χ4v) is 14.8. The van der Waals surface area contributed by atoms with Crippen molar-refractivity contribution in [3.63, 3.8) is 0 Å². The second-order valence-electron chi connectivity index (χ2n) is 30.9. The summed E-state index contributed by atoms with van der Waals surface area (Å²) in [5.74, 6) is -2.87. The minimum Gasteiger partial charge on any atom is -0.492 e. The van der Waals surface area contributed by atoms with Crippen LogP contribution in [-0.2, 0) is 24.0 Å². The molecule has 5 N–H and O–H groups in total. The van der Waals surface area contributed by atoms with Gasteiger partial charge in [0, 0.05) is 41.6 Å². The summed E-state index contributed by atoms with van der Waals surface area (Å²) in [4.78, 5) is 114. The van der Waals surface area contributed by atoms with Gasteiger partial charge in [-0.2, -0.15) is 0 Å². The van der Waals surface area contributed by atoms with Crippen LogP contribution < -0.4 is 34.0 Å². The standard InChI is InChI=1S/C20H26O4.C19H20O5.C19H22O5.C19H24O4.C17H21NO5/c1-13-12-19(14(2)11-17(13)15(3)21)24-18(20(22)23)10-9-16-7-5-4-6-8-16;20-18-11-8-14-7-9-15(12-17(14)24-18)23-16(19(21)22)10-6-13-4-2-1-3-5-13;20-16-10-11-23-18-12-14(7-8-15(16)18)24-17(19(21)22)9-6-13-4-2-1-3-5-13;1-13-8-10-16(14(2)20)18(12-13)23-17(19(21)22)11-9-15-6-4-3-5-7-15;1-12-7-9-15(14(11-12)18(21)22)23-16(17(19)20)10-8-13-5-3-2-4-6-13/h7,11-12,18H,4-6,8-10H2,1-3H3,(H,22,23);4,7-9,11-12,16H,1-3,5-6,10H2,(H,21,22);4,7-8,12,17H,1-3,5-6,9-11H2,(H,21,22);6,8,10,12,17H,3-5,7,9,11H2,1-2H3,(H,21,22);5,7,9,11,16H,2-4,6,8,10H2,1H3,(H,19,20). The average Bonchev–Trinajstić information content (AvgIpc) is 0.868. The van der Waals surface area contributed by atoms with Crippen molar-refractivity contribution in [2.45, 2.75) is 271 Å². The Morgan fingerprint density at radius 2 is 0.814 bits per heavy atom. The quantitative estimate of drug-likeness (QED) is 0.00840. The number of benzene rings is 5. The molecule has 1 aromatic heterocycles. The van der Waals surface area contributed by atoms with Gasteiger partial charge in [-0.05, 0) is 317 Å². The fraction of sp³-hybridized carbons (Fsp3) is 0.457. The number of rotatable bonds is 33. The van der Waals surface area contributed by atoms with Gasteiger partial charge in [0.25, 0.3) is 0 Å². The van der Waals surface area contributed by atoms with E-state index in [-0.39, 0.29) is 28.8 Å². The lowest BCUT2D eigenvalue weighted by atomic mass is 9.95. The van der Waals surface area contributed by atoms with E-state index in [0.29, 0.717) is 103 Å². The Hall–Kier alpha value is -11.4. The number of nitrogens with zero attached hydrogens (tertiary/aromatic N) is 1. The second-order valence-corrected chi connectivity index (χ2v) is 30.9. The lowest BCUT2D eigenvalue weighted by Gasteiger charge is -2.20. The van der Waals surface area contributed by atoms with Gasteiger partial charge in [-0.3, -0.25) is 24.5 Å². The van der Waals surface area contributed by atoms with E-state index >= 15 is 0 Å². The molecule has 0 bridgehead atoms. The highest BCUT2D eigenvalue weighted by Crippen LogP contribution is 2.36. The number of nitro benzene ring substituents is 1. The summed E-state index contributed by atoms with van der Waals surface area (Å²) < 4.78 is 38.8. The highest BCUT2D eigenvalue weighted by Gasteiger charge is 2.29. The molecule has 6 aliphatic rings. The molecule has 632 valence electrons. The number of hydrogen-bond acceptors (Lipinski definition) is 18. The lowest BCUT2D eigenvalue weighted by Crippen LogP contribution is -2.27. The normalized spacial score (nSPS) is 16.2. The Balaban J connectivity index is 0.000000184. The molecule has 5 aliphatic carbocycles. The van der Waals surface area contributed by atoms with Crippen molar-refractivity contribution >= 4 is 63.9 Å². The maximum absolute atomic E-state index is 11.8. The topological polar surface area (TPSA) is 366 Å². The van der Waals surface area contributed by atoms with Crippen LogP contribution in [-0.4, -0.2) is 115 Å². The number of carbonyl (C=O) groups excluding carboxylic acids is 3. The van der Waals surface area contributed by atoms with E-state index in [2.05, 4.69) is 30.4 Å². The van der Waals surface area contributed by atoms with Crippen LogP contribution >= 0.6 is 0 Å². The largest absolute Gasteiger partial charge is 0.492 e. The number of nitro groups is 1. The molecule has 0 spiro atoms. The number of aliphatic carboxylic acids is 5. The van der Waals surface area contributed by atoms with Gasteiger partial charge in [0.15, 0.2) is 53.6 Å². The molecule has 5 aromatic carbocycles. The highest BCUT2D eigenvalue weighted by atomic mass is 16.6. The summed E-state index contributed by atoms with van der Waals surface area (Å²) in [6, 6.07) is 26.2. The molecule has 0 radical (unpaired) electrons.